The molecule has 3 N–H and O–H groups in total. The standard InChI is InChI=1S/C7H15NO3.C2HCl3O2/c1-8(2,3)5-6(9)4-7(10)11;3-2(4,5)1(6)7/h6,9H,4-5H2,1-3H3;(H,6,7)/p+1. The fraction of sp³-hybridized carbons (Fsp3) is 0.778. The van der Waals surface area contributed by atoms with Gasteiger partial charge in [-0.25, -0.2) is 4.79 Å². The third-order valence-corrected chi connectivity index (χ3v) is 1.90. The smallest absolute Gasteiger partial charge is 0.356 e. The number of hydrogen-bond acceptors (Lipinski definition) is 3. The van der Waals surface area contributed by atoms with Crippen molar-refractivity contribution < 1.29 is 29.4 Å². The van der Waals surface area contributed by atoms with E-state index in [4.69, 9.17) is 50.1 Å². The van der Waals surface area contributed by atoms with Gasteiger partial charge in [-0.1, -0.05) is 34.8 Å². The zero-order valence-electron chi connectivity index (χ0n) is 10.2. The van der Waals surface area contributed by atoms with Gasteiger partial charge >= 0.3 is 11.9 Å². The molecule has 0 rings (SSSR count). The Kier molecular flexibility index (Phi) is 8.93. The molecule has 0 heterocycles. The molecule has 0 fully saturated rings. The van der Waals surface area contributed by atoms with Gasteiger partial charge in [0, 0.05) is 0 Å². The summed E-state index contributed by atoms with van der Waals surface area (Å²) in [6.07, 6.45) is -0.914. The van der Waals surface area contributed by atoms with Crippen LogP contribution in [-0.4, -0.2) is 69.3 Å². The minimum atomic E-state index is -2.17. The van der Waals surface area contributed by atoms with E-state index in [1.54, 1.807) is 0 Å². The SMILES string of the molecule is C[N+](C)(C)CC(O)CC(=O)O.O=C(O)C(Cl)(Cl)Cl. The average Bonchev–Trinajstić information content (AvgIpc) is 1.96. The van der Waals surface area contributed by atoms with Gasteiger partial charge in [-0.05, 0) is 0 Å². The van der Waals surface area contributed by atoms with Crippen LogP contribution in [0.2, 0.25) is 0 Å². The number of aliphatic carboxylic acids is 2. The fourth-order valence-corrected chi connectivity index (χ4v) is 0.898. The van der Waals surface area contributed by atoms with Gasteiger partial charge in [-0.2, -0.15) is 0 Å². The highest BCUT2D eigenvalue weighted by Gasteiger charge is 2.29. The van der Waals surface area contributed by atoms with E-state index in [-0.39, 0.29) is 6.42 Å². The Morgan fingerprint density at radius 2 is 1.50 bits per heavy atom. The first-order valence-corrected chi connectivity index (χ1v) is 5.89. The molecule has 0 saturated carbocycles. The number of carboxylic acid groups (broad SMARTS) is 2. The minimum absolute atomic E-state index is 0.171. The van der Waals surface area contributed by atoms with Crippen LogP contribution in [0.5, 0.6) is 0 Å². The molecule has 18 heavy (non-hydrogen) atoms. The molecule has 0 radical (unpaired) electrons. The summed E-state index contributed by atoms with van der Waals surface area (Å²) < 4.78 is -1.59. The highest BCUT2D eigenvalue weighted by Crippen LogP contribution is 2.25. The summed E-state index contributed by atoms with van der Waals surface area (Å²) in [5, 5.41) is 25.3. The number of rotatable bonds is 4. The van der Waals surface area contributed by atoms with Crippen LogP contribution in [0.3, 0.4) is 0 Å². The molecule has 108 valence electrons. The first kappa shape index (κ1) is 20.1. The van der Waals surface area contributed by atoms with E-state index in [0.717, 1.165) is 0 Å². The zero-order chi connectivity index (χ0) is 15.1. The van der Waals surface area contributed by atoms with Crippen molar-refractivity contribution in [3.63, 3.8) is 0 Å². The van der Waals surface area contributed by atoms with Crippen molar-refractivity contribution in [3.8, 4) is 0 Å². The maximum absolute atomic E-state index is 10.1. The molecule has 0 aliphatic heterocycles. The molecule has 9 heteroatoms. The molecule has 6 nitrogen and oxygen atoms in total. The predicted molar refractivity (Wildman–Crippen MR) is 69.1 cm³/mol. The molecule has 0 amide bonds. The van der Waals surface area contributed by atoms with Crippen molar-refractivity contribution in [1.82, 2.24) is 0 Å². The average molecular weight is 326 g/mol. The van der Waals surface area contributed by atoms with E-state index in [2.05, 4.69) is 0 Å². The Morgan fingerprint density at radius 1 is 1.17 bits per heavy atom. The summed E-state index contributed by atoms with van der Waals surface area (Å²) >= 11 is 14.4. The maximum Gasteiger partial charge on any atom is 0.356 e. The molecular formula is C9H17Cl3NO5+. The zero-order valence-corrected chi connectivity index (χ0v) is 12.5. The summed E-state index contributed by atoms with van der Waals surface area (Å²) in [4.78, 5) is 19.8. The molecule has 0 spiro atoms. The molecule has 0 bridgehead atoms. The van der Waals surface area contributed by atoms with Gasteiger partial charge < -0.3 is 19.8 Å². The summed E-state index contributed by atoms with van der Waals surface area (Å²) in [5.74, 6) is -2.41. The third-order valence-electron chi connectivity index (χ3n) is 1.41. The van der Waals surface area contributed by atoms with E-state index < -0.39 is 21.8 Å². The highest BCUT2D eigenvalue weighted by atomic mass is 35.6. The highest BCUT2D eigenvalue weighted by molar-refractivity contribution is 6.75. The van der Waals surface area contributed by atoms with Gasteiger partial charge in [0.05, 0.1) is 27.6 Å². The van der Waals surface area contributed by atoms with Gasteiger partial charge in [-0.15, -0.1) is 0 Å². The van der Waals surface area contributed by atoms with Crippen molar-refractivity contribution in [2.24, 2.45) is 0 Å². The van der Waals surface area contributed by atoms with Crippen LogP contribution in [-0.2, 0) is 9.59 Å². The summed E-state index contributed by atoms with van der Waals surface area (Å²) in [5.41, 5.74) is 0. The Labute approximate surface area is 120 Å². The Morgan fingerprint density at radius 3 is 1.67 bits per heavy atom. The van der Waals surface area contributed by atoms with Crippen LogP contribution in [0.15, 0.2) is 0 Å². The number of aliphatic hydroxyl groups excluding tert-OH is 1. The molecule has 0 saturated heterocycles. The number of likely N-dealkylation sites (N-methyl/N-ethyl adjacent to an activating group) is 1. The van der Waals surface area contributed by atoms with Crippen LogP contribution >= 0.6 is 34.8 Å². The molecule has 0 aliphatic rings. The first-order valence-electron chi connectivity index (χ1n) is 4.76. The molecule has 1 unspecified atom stereocenters. The maximum atomic E-state index is 10.1. The third kappa shape index (κ3) is 15.7. The van der Waals surface area contributed by atoms with Crippen molar-refractivity contribution >= 4 is 46.7 Å². The first-order chi connectivity index (χ1) is 7.75. The van der Waals surface area contributed by atoms with Crippen molar-refractivity contribution in [2.75, 3.05) is 27.7 Å². The van der Waals surface area contributed by atoms with E-state index in [0.29, 0.717) is 11.0 Å². The Bertz CT molecular complexity index is 285. The van der Waals surface area contributed by atoms with Crippen molar-refractivity contribution in [3.05, 3.63) is 0 Å². The van der Waals surface area contributed by atoms with E-state index in [1.165, 1.54) is 0 Å². The molecule has 0 aromatic rings. The lowest BCUT2D eigenvalue weighted by Crippen LogP contribution is -2.42. The molecular weight excluding hydrogens is 308 g/mol. The minimum Gasteiger partial charge on any atom is -0.481 e. The van der Waals surface area contributed by atoms with Crippen LogP contribution in [0, 0.1) is 0 Å². The van der Waals surface area contributed by atoms with E-state index >= 15 is 0 Å². The van der Waals surface area contributed by atoms with Gasteiger partial charge in [0.1, 0.15) is 12.6 Å². The quantitative estimate of drug-likeness (QED) is 0.529. The van der Waals surface area contributed by atoms with Crippen molar-refractivity contribution in [1.29, 1.82) is 0 Å². The lowest BCUT2D eigenvalue weighted by molar-refractivity contribution is -0.873. The number of hydrogen-bond donors (Lipinski definition) is 3. The number of quaternary nitrogens is 1. The second-order valence-corrected chi connectivity index (χ2v) is 6.81. The predicted octanol–water partition coefficient (Wildman–Crippen LogP) is 0.969. The normalized spacial score (nSPS) is 13.3. The number of alkyl halides is 3. The Hall–Kier alpha value is -0.270. The monoisotopic (exact) mass is 324 g/mol. The van der Waals surface area contributed by atoms with Gasteiger partial charge in [0.2, 0.25) is 0 Å². The second kappa shape index (κ2) is 8.01. The summed E-state index contributed by atoms with van der Waals surface area (Å²) in [6.45, 7) is 0.465. The summed E-state index contributed by atoms with van der Waals surface area (Å²) in [7, 11) is 5.72. The van der Waals surface area contributed by atoms with Gasteiger partial charge in [0.25, 0.3) is 3.79 Å². The number of nitrogens with zero attached hydrogens (tertiary/aromatic N) is 1. The molecule has 1 atom stereocenters. The molecule has 0 aromatic carbocycles. The number of carbonyl (C=O) groups is 2. The fourth-order valence-electron chi connectivity index (χ4n) is 0.898. The lowest BCUT2D eigenvalue weighted by Gasteiger charge is -2.25. The molecule has 0 aliphatic carbocycles. The van der Waals surface area contributed by atoms with E-state index in [9.17, 15) is 9.59 Å². The van der Waals surface area contributed by atoms with Gasteiger partial charge in [0.15, 0.2) is 0 Å². The van der Waals surface area contributed by atoms with Gasteiger partial charge in [-0.3, -0.25) is 4.79 Å². The van der Waals surface area contributed by atoms with Crippen LogP contribution < -0.4 is 0 Å². The van der Waals surface area contributed by atoms with Crippen molar-refractivity contribution in [2.45, 2.75) is 16.3 Å². The number of aliphatic hydroxyl groups is 1. The topological polar surface area (TPSA) is 94.8 Å². The second-order valence-electron chi connectivity index (χ2n) is 4.53. The Balaban J connectivity index is 0. The van der Waals surface area contributed by atoms with Crippen LogP contribution in [0.4, 0.5) is 0 Å². The molecule has 0 aromatic heterocycles. The lowest BCUT2D eigenvalue weighted by atomic mass is 10.2. The largest absolute Gasteiger partial charge is 0.481 e. The summed E-state index contributed by atoms with van der Waals surface area (Å²) in [6, 6.07) is 0. The van der Waals surface area contributed by atoms with Crippen LogP contribution in [0.1, 0.15) is 6.42 Å². The number of carboxylic acids is 2. The van der Waals surface area contributed by atoms with Crippen LogP contribution in [0.25, 0.3) is 0 Å². The van der Waals surface area contributed by atoms with E-state index in [1.807, 2.05) is 21.1 Å². The number of halogens is 3.